The molecule has 2 amide bonds. The second kappa shape index (κ2) is 7.65. The van der Waals surface area contributed by atoms with Crippen LogP contribution in [0.2, 0.25) is 0 Å². The number of aromatic nitrogens is 2. The van der Waals surface area contributed by atoms with Crippen LogP contribution in [0.25, 0.3) is 5.69 Å². The summed E-state index contributed by atoms with van der Waals surface area (Å²) in [6, 6.07) is 3.17. The smallest absolute Gasteiger partial charge is 0.352 e. The Morgan fingerprint density at radius 2 is 1.83 bits per heavy atom. The third-order valence-electron chi connectivity index (χ3n) is 4.36. The molecular weight excluding hydrogens is 418 g/mol. The van der Waals surface area contributed by atoms with Gasteiger partial charge in [0.25, 0.3) is 5.91 Å². The molecule has 1 aromatic carbocycles. The van der Waals surface area contributed by atoms with Crippen molar-refractivity contribution in [2.24, 2.45) is 0 Å². The minimum atomic E-state index is -5.09. The third-order valence-corrected chi connectivity index (χ3v) is 4.36. The van der Waals surface area contributed by atoms with Gasteiger partial charge in [-0.3, -0.25) is 9.59 Å². The molecule has 1 aliphatic rings. The fourth-order valence-electron chi connectivity index (χ4n) is 2.78. The number of nitrogens with one attached hydrogen (secondary N) is 1. The van der Waals surface area contributed by atoms with Crippen LogP contribution in [0, 0.1) is 0 Å². The van der Waals surface area contributed by atoms with Crippen molar-refractivity contribution < 1.29 is 35.9 Å². The summed E-state index contributed by atoms with van der Waals surface area (Å²) in [5, 5.41) is 6.10. The first-order valence-electron chi connectivity index (χ1n) is 8.75. The van der Waals surface area contributed by atoms with E-state index in [9.17, 15) is 35.9 Å². The summed E-state index contributed by atoms with van der Waals surface area (Å²) in [4.78, 5) is 25.1. The number of halogens is 6. The highest BCUT2D eigenvalue weighted by atomic mass is 19.4. The predicted molar refractivity (Wildman–Crippen MR) is 91.7 cm³/mol. The topological polar surface area (TPSA) is 67.2 Å². The molecule has 1 saturated carbocycles. The molecule has 0 saturated heterocycles. The molecule has 1 fully saturated rings. The molecule has 1 aromatic heterocycles. The summed E-state index contributed by atoms with van der Waals surface area (Å²) in [7, 11) is 1.15. The second-order valence-corrected chi connectivity index (χ2v) is 6.87. The van der Waals surface area contributed by atoms with Gasteiger partial charge in [0, 0.05) is 13.1 Å². The number of carbonyl (C=O) groups excluding carboxylic acids is 2. The van der Waals surface area contributed by atoms with Crippen LogP contribution in [0.4, 0.5) is 26.3 Å². The standard InChI is InChI=1S/C18H16F6N4O2/c1-27(9-14(29)26-11-5-6-11)16(30)13-8-25-28(15(13)18(22,23)24)12-4-2-3-10(7-12)17(19,20)21/h2-4,7-8,11H,5-6,9H2,1H3,(H,26,29). The van der Waals surface area contributed by atoms with Gasteiger partial charge in [-0.15, -0.1) is 0 Å². The van der Waals surface area contributed by atoms with E-state index in [1.807, 2.05) is 0 Å². The number of alkyl halides is 6. The number of carbonyl (C=O) groups is 2. The maximum Gasteiger partial charge on any atom is 0.434 e. The Bertz CT molecular complexity index is 962. The Kier molecular flexibility index (Phi) is 5.52. The summed E-state index contributed by atoms with van der Waals surface area (Å²) >= 11 is 0. The zero-order valence-electron chi connectivity index (χ0n) is 15.5. The van der Waals surface area contributed by atoms with Gasteiger partial charge in [0.1, 0.15) is 0 Å². The molecule has 0 atom stereocenters. The largest absolute Gasteiger partial charge is 0.434 e. The number of hydrogen-bond acceptors (Lipinski definition) is 3. The van der Waals surface area contributed by atoms with Gasteiger partial charge in [0.05, 0.1) is 29.6 Å². The van der Waals surface area contributed by atoms with E-state index >= 15 is 0 Å². The van der Waals surface area contributed by atoms with Crippen LogP contribution in [0.5, 0.6) is 0 Å². The van der Waals surface area contributed by atoms with Crippen LogP contribution in [0.3, 0.4) is 0 Å². The van der Waals surface area contributed by atoms with Gasteiger partial charge in [-0.25, -0.2) is 4.68 Å². The van der Waals surface area contributed by atoms with Gasteiger partial charge < -0.3 is 10.2 Å². The molecular formula is C18H16F6N4O2. The fourth-order valence-corrected chi connectivity index (χ4v) is 2.78. The highest BCUT2D eigenvalue weighted by Crippen LogP contribution is 2.36. The van der Waals surface area contributed by atoms with E-state index in [1.54, 1.807) is 0 Å². The monoisotopic (exact) mass is 434 g/mol. The molecule has 1 aliphatic carbocycles. The fraction of sp³-hybridized carbons (Fsp3) is 0.389. The van der Waals surface area contributed by atoms with Crippen molar-refractivity contribution in [3.8, 4) is 5.69 Å². The zero-order chi connectivity index (χ0) is 22.3. The van der Waals surface area contributed by atoms with Crippen molar-refractivity contribution in [3.05, 3.63) is 47.3 Å². The molecule has 0 aliphatic heterocycles. The lowest BCUT2D eigenvalue weighted by Gasteiger charge is -2.18. The molecule has 0 bridgehead atoms. The molecule has 1 heterocycles. The highest BCUT2D eigenvalue weighted by molar-refractivity contribution is 5.97. The SMILES string of the molecule is CN(CC(=O)NC1CC1)C(=O)c1cnn(-c2cccc(C(F)(F)F)c2)c1C(F)(F)F. The van der Waals surface area contributed by atoms with Crippen molar-refractivity contribution in [2.45, 2.75) is 31.2 Å². The van der Waals surface area contributed by atoms with Gasteiger partial charge in [0.2, 0.25) is 5.91 Å². The Morgan fingerprint density at radius 1 is 1.17 bits per heavy atom. The van der Waals surface area contributed by atoms with E-state index < -0.39 is 53.2 Å². The van der Waals surface area contributed by atoms with Crippen molar-refractivity contribution in [3.63, 3.8) is 0 Å². The molecule has 0 spiro atoms. The number of benzene rings is 1. The van der Waals surface area contributed by atoms with E-state index in [0.29, 0.717) is 18.3 Å². The molecule has 162 valence electrons. The van der Waals surface area contributed by atoms with Crippen LogP contribution in [0.1, 0.15) is 34.5 Å². The van der Waals surface area contributed by atoms with Crippen molar-refractivity contribution in [1.29, 1.82) is 0 Å². The van der Waals surface area contributed by atoms with Crippen LogP contribution < -0.4 is 5.32 Å². The quantitative estimate of drug-likeness (QED) is 0.735. The maximum absolute atomic E-state index is 13.7. The minimum Gasteiger partial charge on any atom is -0.352 e. The average Bonchev–Trinajstić information content (AvgIpc) is 3.32. The van der Waals surface area contributed by atoms with E-state index in [-0.39, 0.29) is 10.7 Å². The Balaban J connectivity index is 1.94. The van der Waals surface area contributed by atoms with Gasteiger partial charge in [-0.05, 0) is 31.0 Å². The van der Waals surface area contributed by atoms with Crippen LogP contribution >= 0.6 is 0 Å². The number of nitrogens with zero attached hydrogens (tertiary/aromatic N) is 3. The van der Waals surface area contributed by atoms with Gasteiger partial charge in [0.15, 0.2) is 5.69 Å². The van der Waals surface area contributed by atoms with Crippen LogP contribution in [-0.4, -0.2) is 46.1 Å². The number of hydrogen-bond donors (Lipinski definition) is 1. The van der Waals surface area contributed by atoms with Crippen molar-refractivity contribution in [1.82, 2.24) is 20.0 Å². The summed E-state index contributed by atoms with van der Waals surface area (Å²) in [6.45, 7) is -0.471. The van der Waals surface area contributed by atoms with Gasteiger partial charge in [-0.2, -0.15) is 31.4 Å². The molecule has 12 heteroatoms. The van der Waals surface area contributed by atoms with Crippen molar-refractivity contribution in [2.75, 3.05) is 13.6 Å². The molecule has 0 unspecified atom stereocenters. The molecule has 2 aromatic rings. The predicted octanol–water partition coefficient (Wildman–Crippen LogP) is 3.26. The zero-order valence-corrected chi connectivity index (χ0v) is 15.5. The normalized spacial score (nSPS) is 14.5. The molecule has 6 nitrogen and oxygen atoms in total. The first-order chi connectivity index (χ1) is 13.9. The maximum atomic E-state index is 13.7. The first kappa shape index (κ1) is 21.7. The van der Waals surface area contributed by atoms with E-state index in [1.165, 1.54) is 0 Å². The lowest BCUT2D eigenvalue weighted by atomic mass is 10.1. The van der Waals surface area contributed by atoms with E-state index in [2.05, 4.69) is 10.4 Å². The van der Waals surface area contributed by atoms with Crippen molar-refractivity contribution >= 4 is 11.8 Å². The third kappa shape index (κ3) is 4.74. The average molecular weight is 434 g/mol. The highest BCUT2D eigenvalue weighted by Gasteiger charge is 2.41. The molecule has 0 radical (unpaired) electrons. The second-order valence-electron chi connectivity index (χ2n) is 6.87. The number of amides is 2. The molecule has 3 rings (SSSR count). The van der Waals surface area contributed by atoms with E-state index in [4.69, 9.17) is 0 Å². The van der Waals surface area contributed by atoms with Crippen LogP contribution in [-0.2, 0) is 17.1 Å². The van der Waals surface area contributed by atoms with Gasteiger partial charge >= 0.3 is 12.4 Å². The Labute approximate surface area is 166 Å². The van der Waals surface area contributed by atoms with E-state index in [0.717, 1.165) is 36.9 Å². The summed E-state index contributed by atoms with van der Waals surface area (Å²) in [5.41, 5.74) is -4.07. The lowest BCUT2D eigenvalue weighted by Crippen LogP contribution is -2.39. The number of likely N-dealkylation sites (N-methyl/N-ethyl adjacent to an activating group) is 1. The molecule has 30 heavy (non-hydrogen) atoms. The Hall–Kier alpha value is -3.05. The lowest BCUT2D eigenvalue weighted by molar-refractivity contribution is -0.143. The first-order valence-corrected chi connectivity index (χ1v) is 8.75. The summed E-state index contributed by atoms with van der Waals surface area (Å²) < 4.78 is 80.1. The Morgan fingerprint density at radius 3 is 2.40 bits per heavy atom. The number of rotatable bonds is 5. The van der Waals surface area contributed by atoms with Gasteiger partial charge in [-0.1, -0.05) is 6.07 Å². The minimum absolute atomic E-state index is 0.00963. The van der Waals surface area contributed by atoms with Crippen LogP contribution in [0.15, 0.2) is 30.5 Å². The summed E-state index contributed by atoms with van der Waals surface area (Å²) in [6.07, 6.45) is -7.64. The molecule has 1 N–H and O–H groups in total. The summed E-state index contributed by atoms with van der Waals surface area (Å²) in [5.74, 6) is -1.65.